The quantitative estimate of drug-likeness (QED) is 0.408. The van der Waals surface area contributed by atoms with E-state index in [9.17, 15) is 0 Å². The van der Waals surface area contributed by atoms with E-state index in [1.165, 1.54) is 24.0 Å². The Bertz CT molecular complexity index is 629. The Labute approximate surface area is 161 Å². The number of benzene rings is 2. The fourth-order valence-corrected chi connectivity index (χ4v) is 4.76. The molecule has 0 nitrogen and oxygen atoms in total. The standard InChI is InChI=1S/C26H36/c1-6-25(26(7-2,8-3)21(4)5)24(19-22-15-11-9-12-16-22)20-23-17-13-10-14-18-23/h9-18,21H,6-8,19-20H2,1-5H3. The van der Waals surface area contributed by atoms with Gasteiger partial charge in [0.15, 0.2) is 0 Å². The zero-order chi connectivity index (χ0) is 19.0. The van der Waals surface area contributed by atoms with Gasteiger partial charge in [-0.15, -0.1) is 0 Å². The highest BCUT2D eigenvalue weighted by Crippen LogP contribution is 2.46. The van der Waals surface area contributed by atoms with E-state index < -0.39 is 0 Å². The minimum absolute atomic E-state index is 0.313. The molecule has 2 aromatic rings. The minimum atomic E-state index is 0.313. The summed E-state index contributed by atoms with van der Waals surface area (Å²) in [6.07, 6.45) is 5.71. The molecule has 0 saturated carbocycles. The van der Waals surface area contributed by atoms with Gasteiger partial charge in [-0.25, -0.2) is 0 Å². The van der Waals surface area contributed by atoms with Crippen LogP contribution in [0.2, 0.25) is 0 Å². The van der Waals surface area contributed by atoms with Gasteiger partial charge in [0, 0.05) is 0 Å². The molecule has 2 aromatic carbocycles. The summed E-state index contributed by atoms with van der Waals surface area (Å²) in [4.78, 5) is 0. The van der Waals surface area contributed by atoms with Gasteiger partial charge in [0.1, 0.15) is 0 Å². The van der Waals surface area contributed by atoms with Crippen LogP contribution in [0.1, 0.15) is 65.0 Å². The number of hydrogen-bond acceptors (Lipinski definition) is 0. The second-order valence-electron chi connectivity index (χ2n) is 7.78. The van der Waals surface area contributed by atoms with Crippen LogP contribution in [0.5, 0.6) is 0 Å². The number of hydrogen-bond donors (Lipinski definition) is 0. The molecule has 0 radical (unpaired) electrons. The molecule has 0 spiro atoms. The molecule has 0 bridgehead atoms. The summed E-state index contributed by atoms with van der Waals surface area (Å²) in [7, 11) is 0. The van der Waals surface area contributed by atoms with E-state index in [-0.39, 0.29) is 0 Å². The third-order valence-corrected chi connectivity index (χ3v) is 6.27. The van der Waals surface area contributed by atoms with Crippen molar-refractivity contribution in [1.82, 2.24) is 0 Å². The van der Waals surface area contributed by atoms with Crippen molar-refractivity contribution in [1.29, 1.82) is 0 Å². The van der Waals surface area contributed by atoms with Crippen molar-refractivity contribution >= 4 is 0 Å². The largest absolute Gasteiger partial charge is 0.0645 e. The van der Waals surface area contributed by atoms with Crippen LogP contribution in [-0.2, 0) is 12.8 Å². The first-order valence-electron chi connectivity index (χ1n) is 10.4. The SMILES string of the molecule is CCC(=C(Cc1ccccc1)Cc1ccccc1)C(CC)(CC)C(C)C. The minimum Gasteiger partial charge on any atom is -0.0645 e. The van der Waals surface area contributed by atoms with Crippen molar-refractivity contribution < 1.29 is 0 Å². The van der Waals surface area contributed by atoms with Gasteiger partial charge in [-0.2, -0.15) is 0 Å². The van der Waals surface area contributed by atoms with E-state index in [0.717, 1.165) is 19.3 Å². The zero-order valence-corrected chi connectivity index (χ0v) is 17.4. The van der Waals surface area contributed by atoms with Gasteiger partial charge < -0.3 is 0 Å². The van der Waals surface area contributed by atoms with E-state index in [1.807, 2.05) is 0 Å². The van der Waals surface area contributed by atoms with E-state index in [0.29, 0.717) is 11.3 Å². The third-order valence-electron chi connectivity index (χ3n) is 6.27. The average molecular weight is 349 g/mol. The topological polar surface area (TPSA) is 0 Å². The van der Waals surface area contributed by atoms with Crippen LogP contribution in [0.25, 0.3) is 0 Å². The fraction of sp³-hybridized carbons (Fsp3) is 0.462. The summed E-state index contributed by atoms with van der Waals surface area (Å²) < 4.78 is 0. The molecule has 0 aliphatic rings. The summed E-state index contributed by atoms with van der Waals surface area (Å²) in [6.45, 7) is 11.9. The van der Waals surface area contributed by atoms with Gasteiger partial charge in [0.25, 0.3) is 0 Å². The van der Waals surface area contributed by atoms with Crippen molar-refractivity contribution in [2.75, 3.05) is 0 Å². The van der Waals surface area contributed by atoms with Crippen LogP contribution in [0.3, 0.4) is 0 Å². The predicted molar refractivity (Wildman–Crippen MR) is 115 cm³/mol. The lowest BCUT2D eigenvalue weighted by atomic mass is 9.64. The van der Waals surface area contributed by atoms with Crippen LogP contribution in [0.4, 0.5) is 0 Å². The Hall–Kier alpha value is -1.82. The molecule has 0 aromatic heterocycles. The Balaban J connectivity index is 2.55. The average Bonchev–Trinajstić information content (AvgIpc) is 2.67. The molecule has 26 heavy (non-hydrogen) atoms. The molecule has 0 heterocycles. The lowest BCUT2D eigenvalue weighted by molar-refractivity contribution is 0.216. The van der Waals surface area contributed by atoms with Crippen LogP contribution >= 0.6 is 0 Å². The lowest BCUT2D eigenvalue weighted by Gasteiger charge is -2.40. The normalized spacial score (nSPS) is 11.6. The molecule has 0 aliphatic heterocycles. The van der Waals surface area contributed by atoms with Crippen LogP contribution in [0.15, 0.2) is 71.8 Å². The van der Waals surface area contributed by atoms with Gasteiger partial charge in [-0.1, -0.05) is 106 Å². The predicted octanol–water partition coefficient (Wildman–Crippen LogP) is 7.64. The highest BCUT2D eigenvalue weighted by Gasteiger charge is 2.34. The fourth-order valence-electron chi connectivity index (χ4n) is 4.76. The Morgan fingerprint density at radius 3 is 1.46 bits per heavy atom. The highest BCUT2D eigenvalue weighted by atomic mass is 14.4. The molecule has 0 amide bonds. The van der Waals surface area contributed by atoms with E-state index >= 15 is 0 Å². The Morgan fingerprint density at radius 2 is 1.15 bits per heavy atom. The maximum Gasteiger partial charge on any atom is -0.00609 e. The summed E-state index contributed by atoms with van der Waals surface area (Å²) in [5.41, 5.74) is 6.49. The summed E-state index contributed by atoms with van der Waals surface area (Å²) >= 11 is 0. The Morgan fingerprint density at radius 1 is 0.731 bits per heavy atom. The molecule has 0 unspecified atom stereocenters. The second kappa shape index (κ2) is 9.76. The smallest absolute Gasteiger partial charge is 0.00609 e. The van der Waals surface area contributed by atoms with Gasteiger partial charge >= 0.3 is 0 Å². The summed E-state index contributed by atoms with van der Waals surface area (Å²) in [5.74, 6) is 0.661. The van der Waals surface area contributed by atoms with Crippen molar-refractivity contribution in [3.05, 3.63) is 82.9 Å². The molecular formula is C26H36. The van der Waals surface area contributed by atoms with Gasteiger partial charge in [0.2, 0.25) is 0 Å². The number of allylic oxidation sites excluding steroid dienone is 2. The maximum atomic E-state index is 2.41. The molecule has 0 fully saturated rings. The molecule has 2 rings (SSSR count). The van der Waals surface area contributed by atoms with Crippen LogP contribution in [-0.4, -0.2) is 0 Å². The van der Waals surface area contributed by atoms with Gasteiger partial charge in [0.05, 0.1) is 0 Å². The number of rotatable bonds is 9. The van der Waals surface area contributed by atoms with Gasteiger partial charge in [-0.05, 0) is 54.6 Å². The molecular weight excluding hydrogens is 312 g/mol. The van der Waals surface area contributed by atoms with Crippen molar-refractivity contribution in [3.63, 3.8) is 0 Å². The molecule has 0 saturated heterocycles. The lowest BCUT2D eigenvalue weighted by Crippen LogP contribution is -2.30. The molecule has 0 atom stereocenters. The Kier molecular flexibility index (Phi) is 7.69. The highest BCUT2D eigenvalue weighted by molar-refractivity contribution is 5.33. The summed E-state index contributed by atoms with van der Waals surface area (Å²) in [5, 5.41) is 0. The second-order valence-corrected chi connectivity index (χ2v) is 7.78. The monoisotopic (exact) mass is 348 g/mol. The molecule has 0 N–H and O–H groups in total. The van der Waals surface area contributed by atoms with Gasteiger partial charge in [-0.3, -0.25) is 0 Å². The summed E-state index contributed by atoms with van der Waals surface area (Å²) in [6, 6.07) is 22.0. The van der Waals surface area contributed by atoms with Crippen molar-refractivity contribution in [2.24, 2.45) is 11.3 Å². The van der Waals surface area contributed by atoms with Crippen LogP contribution in [0, 0.1) is 11.3 Å². The first-order chi connectivity index (χ1) is 12.6. The third kappa shape index (κ3) is 4.67. The molecule has 0 heteroatoms. The maximum absolute atomic E-state index is 2.41. The van der Waals surface area contributed by atoms with Crippen molar-refractivity contribution in [2.45, 2.75) is 66.7 Å². The first-order valence-corrected chi connectivity index (χ1v) is 10.4. The van der Waals surface area contributed by atoms with E-state index in [4.69, 9.17) is 0 Å². The van der Waals surface area contributed by atoms with E-state index in [2.05, 4.69) is 95.3 Å². The molecule has 0 aliphatic carbocycles. The zero-order valence-electron chi connectivity index (χ0n) is 17.4. The molecule has 140 valence electrons. The first kappa shape index (κ1) is 20.5. The van der Waals surface area contributed by atoms with E-state index in [1.54, 1.807) is 11.1 Å². The van der Waals surface area contributed by atoms with Crippen LogP contribution < -0.4 is 0 Å². The van der Waals surface area contributed by atoms with Crippen molar-refractivity contribution in [3.8, 4) is 0 Å².